The molecule has 2 aromatic rings. The first-order valence-corrected chi connectivity index (χ1v) is 6.66. The molecule has 3 nitrogen and oxygen atoms in total. The molecule has 1 N–H and O–H groups in total. The van der Waals surface area contributed by atoms with E-state index in [0.717, 1.165) is 22.8 Å². The summed E-state index contributed by atoms with van der Waals surface area (Å²) in [6.45, 7) is 5.99. The monoisotopic (exact) mass is 248 g/mol. The van der Waals surface area contributed by atoms with E-state index in [0.29, 0.717) is 5.56 Å². The minimum atomic E-state index is -0.0290. The van der Waals surface area contributed by atoms with Gasteiger partial charge in [0.25, 0.3) is 5.56 Å². The van der Waals surface area contributed by atoms with E-state index >= 15 is 0 Å². The maximum atomic E-state index is 11.9. The Morgan fingerprint density at radius 2 is 2.29 bits per heavy atom. The largest absolute Gasteiger partial charge is 0.310 e. The topological polar surface area (TPSA) is 45.8 Å². The number of hydrogen-bond donors (Lipinski definition) is 1. The number of hydrogen-bond acceptors (Lipinski definition) is 3. The van der Waals surface area contributed by atoms with Gasteiger partial charge in [-0.1, -0.05) is 19.9 Å². The lowest BCUT2D eigenvalue weighted by molar-refractivity contribution is 0.674. The predicted molar refractivity (Wildman–Crippen MR) is 71.6 cm³/mol. The molecule has 0 saturated heterocycles. The lowest BCUT2D eigenvalue weighted by atomic mass is 10.1. The van der Waals surface area contributed by atoms with Crippen molar-refractivity contribution in [3.63, 3.8) is 0 Å². The normalized spacial score (nSPS) is 12.6. The molecular weight excluding hydrogens is 232 g/mol. The van der Waals surface area contributed by atoms with Gasteiger partial charge in [0, 0.05) is 11.5 Å². The van der Waals surface area contributed by atoms with Gasteiger partial charge in [-0.05, 0) is 24.8 Å². The molecule has 0 aliphatic rings. The smallest absolute Gasteiger partial charge is 0.254 e. The van der Waals surface area contributed by atoms with Crippen molar-refractivity contribution in [3.05, 3.63) is 39.3 Å². The fourth-order valence-electron chi connectivity index (χ4n) is 1.63. The fourth-order valence-corrected chi connectivity index (χ4v) is 2.40. The second kappa shape index (κ2) is 4.84. The molecule has 0 bridgehead atoms. The molecule has 1 unspecified atom stereocenters. The Hall–Kier alpha value is -1.42. The van der Waals surface area contributed by atoms with Crippen molar-refractivity contribution in [2.24, 2.45) is 0 Å². The maximum Gasteiger partial charge on any atom is 0.254 e. The van der Waals surface area contributed by atoms with Crippen LogP contribution in [0.4, 0.5) is 0 Å². The second-order valence-electron chi connectivity index (χ2n) is 4.21. The Bertz CT molecular complexity index is 557. The van der Waals surface area contributed by atoms with Crippen molar-refractivity contribution in [2.75, 3.05) is 0 Å². The third kappa shape index (κ3) is 2.31. The standard InChI is InChI=1S/C13H16N2OS/c1-4-8(2)12-14-11(9(3)13(16)15-12)10-6-5-7-17-10/h5-8H,4H2,1-3H3,(H,14,15,16). The third-order valence-electron chi connectivity index (χ3n) is 3.00. The SMILES string of the molecule is CCC(C)c1nc(-c2cccs2)c(C)c(=O)[nH]1. The molecule has 2 rings (SSSR count). The molecular formula is C13H16N2OS. The summed E-state index contributed by atoms with van der Waals surface area (Å²) < 4.78 is 0. The zero-order valence-corrected chi connectivity index (χ0v) is 11.1. The quantitative estimate of drug-likeness (QED) is 0.905. The van der Waals surface area contributed by atoms with Gasteiger partial charge in [-0.2, -0.15) is 0 Å². The first kappa shape index (κ1) is 12.0. The van der Waals surface area contributed by atoms with Crippen LogP contribution in [-0.4, -0.2) is 9.97 Å². The van der Waals surface area contributed by atoms with Gasteiger partial charge in [-0.3, -0.25) is 4.79 Å². The van der Waals surface area contributed by atoms with Crippen LogP contribution >= 0.6 is 11.3 Å². The van der Waals surface area contributed by atoms with Gasteiger partial charge < -0.3 is 4.98 Å². The van der Waals surface area contributed by atoms with Crippen molar-refractivity contribution < 1.29 is 0 Å². The average molecular weight is 248 g/mol. The molecule has 17 heavy (non-hydrogen) atoms. The number of H-pyrrole nitrogens is 1. The molecule has 0 aromatic carbocycles. The molecule has 4 heteroatoms. The summed E-state index contributed by atoms with van der Waals surface area (Å²) in [5, 5.41) is 2.00. The van der Waals surface area contributed by atoms with Crippen LogP contribution in [0.15, 0.2) is 22.3 Å². The second-order valence-corrected chi connectivity index (χ2v) is 5.16. The fraction of sp³-hybridized carbons (Fsp3) is 0.385. The van der Waals surface area contributed by atoms with Crippen LogP contribution < -0.4 is 5.56 Å². The molecule has 0 saturated carbocycles. The number of thiophene rings is 1. The summed E-state index contributed by atoms with van der Waals surface area (Å²) in [5.74, 6) is 1.06. The van der Waals surface area contributed by atoms with Crippen LogP contribution in [0.2, 0.25) is 0 Å². The van der Waals surface area contributed by atoms with E-state index in [1.54, 1.807) is 11.3 Å². The molecule has 90 valence electrons. The van der Waals surface area contributed by atoms with Gasteiger partial charge in [-0.25, -0.2) is 4.98 Å². The van der Waals surface area contributed by atoms with E-state index in [-0.39, 0.29) is 11.5 Å². The van der Waals surface area contributed by atoms with Crippen LogP contribution in [0, 0.1) is 6.92 Å². The first-order chi connectivity index (χ1) is 8.13. The number of nitrogens with zero attached hydrogens (tertiary/aromatic N) is 1. The van der Waals surface area contributed by atoms with E-state index in [4.69, 9.17) is 0 Å². The highest BCUT2D eigenvalue weighted by Crippen LogP contribution is 2.25. The lowest BCUT2D eigenvalue weighted by Crippen LogP contribution is -2.17. The molecule has 0 aliphatic carbocycles. The minimum absolute atomic E-state index is 0.0290. The Kier molecular flexibility index (Phi) is 3.43. The van der Waals surface area contributed by atoms with Crippen LogP contribution in [-0.2, 0) is 0 Å². The van der Waals surface area contributed by atoms with Gasteiger partial charge in [0.05, 0.1) is 10.6 Å². The summed E-state index contributed by atoms with van der Waals surface area (Å²) in [7, 11) is 0. The van der Waals surface area contributed by atoms with Gasteiger partial charge >= 0.3 is 0 Å². The van der Waals surface area contributed by atoms with Gasteiger partial charge in [0.2, 0.25) is 0 Å². The van der Waals surface area contributed by atoms with E-state index < -0.39 is 0 Å². The van der Waals surface area contributed by atoms with Crippen molar-refractivity contribution in [1.82, 2.24) is 9.97 Å². The third-order valence-corrected chi connectivity index (χ3v) is 3.88. The summed E-state index contributed by atoms with van der Waals surface area (Å²) in [4.78, 5) is 20.4. The predicted octanol–water partition coefficient (Wildman–Crippen LogP) is 3.32. The summed E-state index contributed by atoms with van der Waals surface area (Å²) in [6.07, 6.45) is 0.968. The molecule has 2 heterocycles. The van der Waals surface area contributed by atoms with Crippen molar-refractivity contribution in [1.29, 1.82) is 0 Å². The minimum Gasteiger partial charge on any atom is -0.310 e. The number of rotatable bonds is 3. The Morgan fingerprint density at radius 1 is 1.53 bits per heavy atom. The Morgan fingerprint density at radius 3 is 2.88 bits per heavy atom. The summed E-state index contributed by atoms with van der Waals surface area (Å²) in [5.41, 5.74) is 1.48. The van der Waals surface area contributed by atoms with Crippen LogP contribution in [0.3, 0.4) is 0 Å². The number of aromatic nitrogens is 2. The van der Waals surface area contributed by atoms with Crippen LogP contribution in [0.5, 0.6) is 0 Å². The lowest BCUT2D eigenvalue weighted by Gasteiger charge is -2.10. The summed E-state index contributed by atoms with van der Waals surface area (Å²) >= 11 is 1.61. The van der Waals surface area contributed by atoms with E-state index in [1.807, 2.05) is 24.4 Å². The first-order valence-electron chi connectivity index (χ1n) is 5.78. The van der Waals surface area contributed by atoms with E-state index in [9.17, 15) is 4.79 Å². The van der Waals surface area contributed by atoms with E-state index in [1.165, 1.54) is 0 Å². The molecule has 0 spiro atoms. The molecule has 0 amide bonds. The van der Waals surface area contributed by atoms with Crippen LogP contribution in [0.25, 0.3) is 10.6 Å². The maximum absolute atomic E-state index is 11.9. The van der Waals surface area contributed by atoms with Crippen molar-refractivity contribution in [2.45, 2.75) is 33.1 Å². The van der Waals surface area contributed by atoms with Crippen molar-refractivity contribution >= 4 is 11.3 Å². The van der Waals surface area contributed by atoms with Crippen LogP contribution in [0.1, 0.15) is 37.6 Å². The average Bonchev–Trinajstić information content (AvgIpc) is 2.85. The highest BCUT2D eigenvalue weighted by atomic mass is 32.1. The summed E-state index contributed by atoms with van der Waals surface area (Å²) in [6, 6.07) is 3.98. The highest BCUT2D eigenvalue weighted by Gasteiger charge is 2.13. The zero-order chi connectivity index (χ0) is 12.4. The van der Waals surface area contributed by atoms with Gasteiger partial charge in [0.15, 0.2) is 0 Å². The number of aromatic amines is 1. The molecule has 2 aromatic heterocycles. The Balaban J connectivity index is 2.59. The molecule has 0 fully saturated rings. The highest BCUT2D eigenvalue weighted by molar-refractivity contribution is 7.13. The zero-order valence-electron chi connectivity index (χ0n) is 10.3. The molecule has 0 radical (unpaired) electrons. The van der Waals surface area contributed by atoms with Crippen molar-refractivity contribution in [3.8, 4) is 10.6 Å². The molecule has 1 atom stereocenters. The Labute approximate surface area is 105 Å². The van der Waals surface area contributed by atoms with Gasteiger partial charge in [0.1, 0.15) is 5.82 Å². The van der Waals surface area contributed by atoms with E-state index in [2.05, 4.69) is 23.8 Å². The molecule has 0 aliphatic heterocycles. The number of nitrogens with one attached hydrogen (secondary N) is 1. The van der Waals surface area contributed by atoms with Gasteiger partial charge in [-0.15, -0.1) is 11.3 Å².